The van der Waals surface area contributed by atoms with E-state index in [0.29, 0.717) is 0 Å². The first-order valence-corrected chi connectivity index (χ1v) is 20.2. The van der Waals surface area contributed by atoms with Gasteiger partial charge in [-0.3, -0.25) is 0 Å². The van der Waals surface area contributed by atoms with Gasteiger partial charge in [0.2, 0.25) is 0 Å². The van der Waals surface area contributed by atoms with E-state index in [9.17, 15) is 0 Å². The fourth-order valence-electron chi connectivity index (χ4n) is 1.41. The third-order valence-electron chi connectivity index (χ3n) is 2.81. The van der Waals surface area contributed by atoms with Crippen molar-refractivity contribution in [2.24, 2.45) is 0 Å². The van der Waals surface area contributed by atoms with Gasteiger partial charge in [-0.2, -0.15) is 0 Å². The van der Waals surface area contributed by atoms with Crippen molar-refractivity contribution < 1.29 is 6.94 Å². The molecule has 1 rings (SSSR count). The van der Waals surface area contributed by atoms with Gasteiger partial charge in [-0.15, -0.1) is 0 Å². The predicted molar refractivity (Wildman–Crippen MR) is 80.3 cm³/mol. The molecule has 91 valence electrons. The molecule has 0 aromatic carbocycles. The van der Waals surface area contributed by atoms with Crippen LogP contribution in [0.4, 0.5) is 0 Å². The molecule has 1 saturated carbocycles. The van der Waals surface area contributed by atoms with E-state index in [0.717, 1.165) is 0 Å². The monoisotopic (exact) mass is 553 g/mol. The normalized spacial score (nSPS) is 24.1. The van der Waals surface area contributed by atoms with Crippen LogP contribution in [0.3, 0.4) is 0 Å². The Bertz CT molecular complexity index is 142. The summed E-state index contributed by atoms with van der Waals surface area (Å²) in [6.45, 7) is 9.39. The molecule has 1 fully saturated rings. The topological polar surface area (TPSA) is 0 Å². The molecule has 0 nitrogen and oxygen atoms in total. The first-order valence-electron chi connectivity index (χ1n) is 4.28. The fourth-order valence-corrected chi connectivity index (χ4v) is 1.41. The number of rotatable bonds is 0. The molecule has 1 aliphatic carbocycles. The number of hydrogen-bond donors (Lipinski definition) is 0. The van der Waals surface area contributed by atoms with E-state index in [4.69, 9.17) is 0 Å². The molecule has 0 bridgehead atoms. The Labute approximate surface area is 124 Å². The molecule has 5 radical (unpaired) electrons. The Hall–Kier alpha value is 2.54. The maximum absolute atomic E-state index is 3.30. The second-order valence-corrected chi connectivity index (χ2v) is 51.5. The summed E-state index contributed by atoms with van der Waals surface area (Å²) in [6.07, 6.45) is 0. The van der Waals surface area contributed by atoms with Crippen molar-refractivity contribution in [1.29, 1.82) is 0 Å². The average molecular weight is 556 g/mol. The molecular formula is C10H15Br4Ru. The molecule has 15 heavy (non-hydrogen) atoms. The first-order chi connectivity index (χ1) is 6.55. The minimum absolute atomic E-state index is 1.47. The second kappa shape index (κ2) is 7.21. The van der Waals surface area contributed by atoms with Gasteiger partial charge in [0, 0.05) is 0 Å². The Morgan fingerprint density at radius 2 is 0.600 bits per heavy atom. The van der Waals surface area contributed by atoms with Crippen molar-refractivity contribution in [1.82, 2.24) is 0 Å². The van der Waals surface area contributed by atoms with E-state index in [-0.39, 0.29) is 0 Å². The molecule has 0 aliphatic heterocycles. The van der Waals surface area contributed by atoms with E-state index in [1.165, 1.54) is 29.6 Å². The second-order valence-electron chi connectivity index (χ2n) is 3.43. The summed E-state index contributed by atoms with van der Waals surface area (Å²) in [5.41, 5.74) is 0. The van der Waals surface area contributed by atoms with Gasteiger partial charge in [-0.25, -0.2) is 0 Å². The van der Waals surface area contributed by atoms with Crippen LogP contribution in [-0.2, 0) is 6.94 Å². The Kier molecular flexibility index (Phi) is 8.43. The molecule has 0 atom stereocenters. The van der Waals surface area contributed by atoms with E-state index in [1.807, 2.05) is 0 Å². The van der Waals surface area contributed by atoms with Crippen molar-refractivity contribution in [2.45, 2.75) is 34.6 Å². The number of hydrogen-bond acceptors (Lipinski definition) is 0. The van der Waals surface area contributed by atoms with Gasteiger partial charge >= 0.3 is 61.4 Å². The van der Waals surface area contributed by atoms with E-state index in [2.05, 4.69) is 89.1 Å². The van der Waals surface area contributed by atoms with Crippen LogP contribution in [-0.4, -0.2) is 0 Å². The van der Waals surface area contributed by atoms with Crippen molar-refractivity contribution >= 4 is 54.5 Å². The summed E-state index contributed by atoms with van der Waals surface area (Å²) in [6, 6.07) is 0. The van der Waals surface area contributed by atoms with Crippen molar-refractivity contribution in [3.63, 3.8) is 0 Å². The van der Waals surface area contributed by atoms with Gasteiger partial charge in [0.15, 0.2) is 0 Å². The van der Waals surface area contributed by atoms with Gasteiger partial charge in [0.1, 0.15) is 0 Å². The summed E-state index contributed by atoms with van der Waals surface area (Å²) in [4.78, 5) is 0. The first kappa shape index (κ1) is 17.5. The molecule has 0 heterocycles. The molecule has 0 unspecified atom stereocenters. The zero-order valence-corrected chi connectivity index (χ0v) is 17.4. The van der Waals surface area contributed by atoms with Crippen LogP contribution in [0.2, 0.25) is 0 Å². The van der Waals surface area contributed by atoms with Crippen LogP contribution in [0, 0.1) is 29.6 Å². The third-order valence-corrected chi connectivity index (χ3v) is 2.81. The maximum atomic E-state index is 3.30. The summed E-state index contributed by atoms with van der Waals surface area (Å²) in [5, 5.41) is 0. The zero-order valence-electron chi connectivity index (χ0n) is 9.37. The molecule has 5 heteroatoms. The van der Waals surface area contributed by atoms with Crippen LogP contribution in [0.5, 0.6) is 0 Å². The van der Waals surface area contributed by atoms with Gasteiger partial charge in [0.25, 0.3) is 0 Å². The van der Waals surface area contributed by atoms with Crippen LogP contribution >= 0.6 is 54.5 Å². The number of halogens is 4. The quantitative estimate of drug-likeness (QED) is 0.306. The molecule has 0 amide bonds. The minimum atomic E-state index is -1.61. The van der Waals surface area contributed by atoms with Crippen molar-refractivity contribution in [3.05, 3.63) is 29.6 Å². The summed E-state index contributed by atoms with van der Waals surface area (Å²) >= 11 is 13.2. The Morgan fingerprint density at radius 1 is 0.533 bits per heavy atom. The Morgan fingerprint density at radius 3 is 0.667 bits per heavy atom. The molecule has 0 saturated heterocycles. The molecule has 1 aliphatic rings. The van der Waals surface area contributed by atoms with Gasteiger partial charge in [0.05, 0.1) is 0 Å². The summed E-state index contributed by atoms with van der Waals surface area (Å²) in [7, 11) is 0. The molecule has 0 aromatic rings. The molecule has 0 N–H and O–H groups in total. The van der Waals surface area contributed by atoms with Gasteiger partial charge < -0.3 is 0 Å². The van der Waals surface area contributed by atoms with E-state index >= 15 is 0 Å². The van der Waals surface area contributed by atoms with E-state index in [1.54, 1.807) is 0 Å². The average Bonchev–Trinajstić information content (AvgIpc) is 2.21. The van der Waals surface area contributed by atoms with Crippen LogP contribution in [0.25, 0.3) is 0 Å². The summed E-state index contributed by atoms with van der Waals surface area (Å²) < 4.78 is 0. The third kappa shape index (κ3) is 6.89. The fraction of sp³-hybridized carbons (Fsp3) is 0.500. The van der Waals surface area contributed by atoms with E-state index < -0.39 is 6.94 Å². The van der Waals surface area contributed by atoms with Gasteiger partial charge in [-0.05, 0) is 29.6 Å². The zero-order chi connectivity index (χ0) is 12.4. The molecule has 0 spiro atoms. The SMILES string of the molecule is C[C]1[C](C)[C](C)[C](C)[C]1C.[Br][Ru]([Br])([Br])[Br]. The standard InChI is InChI=1S/C10H15.4BrH.Ru/c1-6-7(2)9(4)10(5)8(6)3;;;;;/h1-5H3;4*1H;/q;;;;;+4/p-4. The molecule has 0 aromatic heterocycles. The van der Waals surface area contributed by atoms with Gasteiger partial charge in [-0.1, -0.05) is 34.6 Å². The van der Waals surface area contributed by atoms with Crippen LogP contribution in [0.15, 0.2) is 0 Å². The predicted octanol–water partition coefficient (Wildman–Crippen LogP) is 6.35. The van der Waals surface area contributed by atoms with Crippen molar-refractivity contribution in [3.8, 4) is 0 Å². The Balaban J connectivity index is 0.000000336. The van der Waals surface area contributed by atoms with Crippen LogP contribution < -0.4 is 0 Å². The molecular weight excluding hydrogens is 541 g/mol. The van der Waals surface area contributed by atoms with Crippen LogP contribution in [0.1, 0.15) is 34.6 Å². The van der Waals surface area contributed by atoms with Crippen molar-refractivity contribution in [2.75, 3.05) is 0 Å². The summed E-state index contributed by atoms with van der Waals surface area (Å²) in [5.74, 6) is 7.34.